The highest BCUT2D eigenvalue weighted by Crippen LogP contribution is 2.15. The minimum absolute atomic E-state index is 0.582. The van der Waals surface area contributed by atoms with Crippen molar-refractivity contribution in [2.45, 2.75) is 53.0 Å². The first kappa shape index (κ1) is 14.2. The van der Waals surface area contributed by atoms with E-state index in [2.05, 4.69) is 35.9 Å². The van der Waals surface area contributed by atoms with Crippen LogP contribution in [0.4, 0.5) is 0 Å². The molecule has 0 aliphatic carbocycles. The summed E-state index contributed by atoms with van der Waals surface area (Å²) in [6.07, 6.45) is 4.73. The van der Waals surface area contributed by atoms with Crippen LogP contribution in [0, 0.1) is 0 Å². The maximum Gasteiger partial charge on any atom is 0.0544 e. The zero-order valence-electron chi connectivity index (χ0n) is 11.7. The molecule has 1 aromatic heterocycles. The zero-order chi connectivity index (χ0) is 12.7. The van der Waals surface area contributed by atoms with Crippen molar-refractivity contribution < 1.29 is 0 Å². The molecule has 17 heavy (non-hydrogen) atoms. The molecule has 96 valence electrons. The lowest BCUT2D eigenvalue weighted by atomic mass is 10.1. The maximum absolute atomic E-state index is 4.52. The minimum Gasteiger partial charge on any atom is -0.298 e. The molecule has 1 aliphatic heterocycles. The van der Waals surface area contributed by atoms with Crippen molar-refractivity contribution in [3.63, 3.8) is 0 Å². The number of hydrogen-bond donors (Lipinski definition) is 0. The van der Waals surface area contributed by atoms with Gasteiger partial charge in [-0.2, -0.15) is 0 Å². The van der Waals surface area contributed by atoms with Crippen LogP contribution in [0.15, 0.2) is 18.3 Å². The van der Waals surface area contributed by atoms with E-state index < -0.39 is 0 Å². The van der Waals surface area contributed by atoms with Gasteiger partial charge in [0.05, 0.1) is 5.69 Å². The van der Waals surface area contributed by atoms with Crippen molar-refractivity contribution in [3.8, 4) is 0 Å². The molecule has 1 aromatic rings. The van der Waals surface area contributed by atoms with Crippen molar-refractivity contribution in [1.29, 1.82) is 0 Å². The van der Waals surface area contributed by atoms with Gasteiger partial charge in [0.15, 0.2) is 0 Å². The standard InChI is InChI=1S/C13H20N2.C2H6/c1-11(2)12-5-6-13(14-9-12)10-15-7-3-4-8-15;1-2/h5-6,9,11H,3-4,7-8,10H2,1-2H3;1-2H3. The Morgan fingerprint density at radius 2 is 1.82 bits per heavy atom. The summed E-state index contributed by atoms with van der Waals surface area (Å²) in [5, 5.41) is 0. The summed E-state index contributed by atoms with van der Waals surface area (Å²) in [5.74, 6) is 0.582. The quantitative estimate of drug-likeness (QED) is 0.790. The highest BCUT2D eigenvalue weighted by atomic mass is 15.1. The Labute approximate surface area is 106 Å². The third kappa shape index (κ3) is 4.47. The average molecular weight is 234 g/mol. The fourth-order valence-electron chi connectivity index (χ4n) is 2.04. The van der Waals surface area contributed by atoms with Gasteiger partial charge in [0.1, 0.15) is 0 Å². The number of pyridine rings is 1. The first-order valence-electron chi connectivity index (χ1n) is 6.93. The number of nitrogens with zero attached hydrogens (tertiary/aromatic N) is 2. The highest BCUT2D eigenvalue weighted by Gasteiger charge is 2.12. The molecular weight excluding hydrogens is 208 g/mol. The number of hydrogen-bond acceptors (Lipinski definition) is 2. The Kier molecular flexibility index (Phi) is 6.20. The smallest absolute Gasteiger partial charge is 0.0544 e. The Balaban J connectivity index is 0.000000686. The normalized spacial score (nSPS) is 15.8. The molecule has 0 spiro atoms. The third-order valence-electron chi connectivity index (χ3n) is 3.10. The lowest BCUT2D eigenvalue weighted by Crippen LogP contribution is -2.19. The molecule has 0 radical (unpaired) electrons. The molecule has 0 N–H and O–H groups in total. The lowest BCUT2D eigenvalue weighted by Gasteiger charge is -2.14. The second kappa shape index (κ2) is 7.44. The van der Waals surface area contributed by atoms with E-state index in [0.29, 0.717) is 5.92 Å². The first-order chi connectivity index (χ1) is 8.25. The van der Waals surface area contributed by atoms with Crippen molar-refractivity contribution in [1.82, 2.24) is 9.88 Å². The van der Waals surface area contributed by atoms with E-state index in [-0.39, 0.29) is 0 Å². The van der Waals surface area contributed by atoms with Crippen LogP contribution in [-0.2, 0) is 6.54 Å². The average Bonchev–Trinajstić information content (AvgIpc) is 2.85. The Morgan fingerprint density at radius 1 is 1.18 bits per heavy atom. The molecule has 0 bridgehead atoms. The van der Waals surface area contributed by atoms with E-state index in [1.807, 2.05) is 20.0 Å². The summed E-state index contributed by atoms with van der Waals surface area (Å²) < 4.78 is 0. The third-order valence-corrected chi connectivity index (χ3v) is 3.10. The molecule has 0 aromatic carbocycles. The van der Waals surface area contributed by atoms with Crippen LogP contribution in [-0.4, -0.2) is 23.0 Å². The van der Waals surface area contributed by atoms with Crippen molar-refractivity contribution in [2.75, 3.05) is 13.1 Å². The molecule has 1 aliphatic rings. The molecule has 1 fully saturated rings. The molecule has 2 heterocycles. The van der Waals surface area contributed by atoms with Crippen LogP contribution < -0.4 is 0 Å². The zero-order valence-corrected chi connectivity index (χ0v) is 11.7. The molecule has 0 unspecified atom stereocenters. The molecular formula is C15H26N2. The van der Waals surface area contributed by atoms with Crippen LogP contribution in [0.3, 0.4) is 0 Å². The lowest BCUT2D eigenvalue weighted by molar-refractivity contribution is 0.327. The predicted molar refractivity (Wildman–Crippen MR) is 74.2 cm³/mol. The Bertz CT molecular complexity index is 297. The first-order valence-corrected chi connectivity index (χ1v) is 6.93. The highest BCUT2D eigenvalue weighted by molar-refractivity contribution is 5.17. The topological polar surface area (TPSA) is 16.1 Å². The van der Waals surface area contributed by atoms with Crippen LogP contribution in [0.25, 0.3) is 0 Å². The molecule has 0 atom stereocenters. The van der Waals surface area contributed by atoms with Crippen molar-refractivity contribution in [3.05, 3.63) is 29.6 Å². The minimum atomic E-state index is 0.582. The molecule has 2 nitrogen and oxygen atoms in total. The van der Waals surface area contributed by atoms with Crippen molar-refractivity contribution in [2.24, 2.45) is 0 Å². The molecule has 0 amide bonds. The van der Waals surface area contributed by atoms with E-state index in [1.54, 1.807) is 0 Å². The summed E-state index contributed by atoms with van der Waals surface area (Å²) in [5.41, 5.74) is 2.54. The van der Waals surface area contributed by atoms with E-state index in [4.69, 9.17) is 0 Å². The van der Waals surface area contributed by atoms with Gasteiger partial charge in [0.25, 0.3) is 0 Å². The maximum atomic E-state index is 4.52. The van der Waals surface area contributed by atoms with Gasteiger partial charge in [-0.1, -0.05) is 33.8 Å². The molecule has 2 rings (SSSR count). The fourth-order valence-corrected chi connectivity index (χ4v) is 2.04. The Morgan fingerprint density at radius 3 is 2.29 bits per heavy atom. The summed E-state index contributed by atoms with van der Waals surface area (Å²) in [4.78, 5) is 7.01. The van der Waals surface area contributed by atoms with E-state index >= 15 is 0 Å². The Hall–Kier alpha value is -0.890. The fraction of sp³-hybridized carbons (Fsp3) is 0.667. The number of rotatable bonds is 3. The van der Waals surface area contributed by atoms with Gasteiger partial charge >= 0.3 is 0 Å². The van der Waals surface area contributed by atoms with E-state index in [0.717, 1.165) is 6.54 Å². The van der Waals surface area contributed by atoms with Crippen LogP contribution in [0.1, 0.15) is 57.7 Å². The molecule has 2 heteroatoms. The SMILES string of the molecule is CC.CC(C)c1ccc(CN2CCCC2)nc1. The monoisotopic (exact) mass is 234 g/mol. The number of aromatic nitrogens is 1. The summed E-state index contributed by atoms with van der Waals surface area (Å²) >= 11 is 0. The van der Waals surface area contributed by atoms with Crippen LogP contribution in [0.5, 0.6) is 0 Å². The van der Waals surface area contributed by atoms with Gasteiger partial charge < -0.3 is 0 Å². The van der Waals surface area contributed by atoms with Gasteiger partial charge in [-0.3, -0.25) is 9.88 Å². The molecule has 1 saturated heterocycles. The van der Waals surface area contributed by atoms with Crippen LogP contribution in [0.2, 0.25) is 0 Å². The van der Waals surface area contributed by atoms with E-state index in [1.165, 1.54) is 37.2 Å². The van der Waals surface area contributed by atoms with Gasteiger partial charge in [-0.25, -0.2) is 0 Å². The second-order valence-corrected chi connectivity index (χ2v) is 4.72. The second-order valence-electron chi connectivity index (χ2n) is 4.72. The predicted octanol–water partition coefficient (Wildman–Crippen LogP) is 3.83. The summed E-state index contributed by atoms with van der Waals surface area (Å²) in [6.45, 7) is 11.9. The van der Waals surface area contributed by atoms with Gasteiger partial charge in [-0.05, 0) is 43.5 Å². The largest absolute Gasteiger partial charge is 0.298 e. The summed E-state index contributed by atoms with van der Waals surface area (Å²) in [7, 11) is 0. The molecule has 0 saturated carbocycles. The van der Waals surface area contributed by atoms with Gasteiger partial charge in [-0.15, -0.1) is 0 Å². The van der Waals surface area contributed by atoms with Gasteiger partial charge in [0.2, 0.25) is 0 Å². The number of likely N-dealkylation sites (tertiary alicyclic amines) is 1. The van der Waals surface area contributed by atoms with Crippen molar-refractivity contribution >= 4 is 0 Å². The van der Waals surface area contributed by atoms with Gasteiger partial charge in [0, 0.05) is 12.7 Å². The summed E-state index contributed by atoms with van der Waals surface area (Å²) in [6, 6.07) is 4.39. The van der Waals surface area contributed by atoms with Crippen LogP contribution >= 0.6 is 0 Å². The van der Waals surface area contributed by atoms with E-state index in [9.17, 15) is 0 Å².